The van der Waals surface area contributed by atoms with Crippen molar-refractivity contribution in [3.8, 4) is 11.3 Å². The average molecular weight is 276 g/mol. The summed E-state index contributed by atoms with van der Waals surface area (Å²) in [6, 6.07) is 9.14. The van der Waals surface area contributed by atoms with Gasteiger partial charge in [0.15, 0.2) is 0 Å². The number of nitrogens with zero attached hydrogens (tertiary/aromatic N) is 2. The fourth-order valence-corrected chi connectivity index (χ4v) is 2.19. The maximum absolute atomic E-state index is 13.0. The molecule has 0 atom stereocenters. The topological polar surface area (TPSA) is 17.3 Å². The molecule has 0 radical (unpaired) electrons. The number of hydrogen-bond donors (Lipinski definition) is 0. The predicted octanol–water partition coefficient (Wildman–Crippen LogP) is 4.33. The second-order valence-corrected chi connectivity index (χ2v) is 4.64. The van der Waals surface area contributed by atoms with Gasteiger partial charge in [-0.3, -0.25) is 0 Å². The Hall–Kier alpha value is -2.30. The van der Waals surface area contributed by atoms with Gasteiger partial charge in [-0.25, -0.2) is 4.98 Å². The van der Waals surface area contributed by atoms with Crippen molar-refractivity contribution < 1.29 is 13.2 Å². The summed E-state index contributed by atoms with van der Waals surface area (Å²) in [5.41, 5.74) is 1.40. The van der Waals surface area contributed by atoms with E-state index in [1.54, 1.807) is 22.7 Å². The SMILES string of the molecule is Cc1ccc2nc(-c3ccccc3C(F)(F)F)cn2c1. The zero-order chi connectivity index (χ0) is 14.3. The molecule has 0 fully saturated rings. The van der Waals surface area contributed by atoms with Gasteiger partial charge in [-0.05, 0) is 24.6 Å². The van der Waals surface area contributed by atoms with E-state index in [2.05, 4.69) is 4.98 Å². The van der Waals surface area contributed by atoms with Crippen molar-refractivity contribution in [1.29, 1.82) is 0 Å². The fraction of sp³-hybridized carbons (Fsp3) is 0.133. The number of imidazole rings is 1. The van der Waals surface area contributed by atoms with Gasteiger partial charge < -0.3 is 4.40 Å². The average Bonchev–Trinajstić information content (AvgIpc) is 2.80. The van der Waals surface area contributed by atoms with Crippen LogP contribution >= 0.6 is 0 Å². The van der Waals surface area contributed by atoms with Gasteiger partial charge in [0.05, 0.1) is 11.3 Å². The zero-order valence-corrected chi connectivity index (χ0v) is 10.6. The molecule has 0 aliphatic rings. The quantitative estimate of drug-likeness (QED) is 0.646. The highest BCUT2D eigenvalue weighted by molar-refractivity contribution is 5.67. The van der Waals surface area contributed by atoms with E-state index >= 15 is 0 Å². The Bertz CT molecular complexity index is 772. The molecule has 2 aromatic heterocycles. The molecule has 0 bridgehead atoms. The summed E-state index contributed by atoms with van der Waals surface area (Å²) < 4.78 is 40.8. The number of pyridine rings is 1. The van der Waals surface area contributed by atoms with Crippen molar-refractivity contribution in [3.05, 3.63) is 59.9 Å². The van der Waals surface area contributed by atoms with Gasteiger partial charge in [0, 0.05) is 18.0 Å². The molecular weight excluding hydrogens is 265 g/mol. The Morgan fingerprint density at radius 2 is 1.75 bits per heavy atom. The monoisotopic (exact) mass is 276 g/mol. The van der Waals surface area contributed by atoms with E-state index in [0.29, 0.717) is 11.3 Å². The van der Waals surface area contributed by atoms with Crippen LogP contribution in [0.1, 0.15) is 11.1 Å². The molecule has 0 N–H and O–H groups in total. The minimum Gasteiger partial charge on any atom is -0.306 e. The predicted molar refractivity (Wildman–Crippen MR) is 70.4 cm³/mol. The first-order valence-electron chi connectivity index (χ1n) is 6.07. The van der Waals surface area contributed by atoms with Crippen molar-refractivity contribution in [2.75, 3.05) is 0 Å². The summed E-state index contributed by atoms with van der Waals surface area (Å²) in [6.45, 7) is 1.92. The second kappa shape index (κ2) is 4.37. The molecule has 0 saturated carbocycles. The van der Waals surface area contributed by atoms with E-state index < -0.39 is 11.7 Å². The molecule has 0 unspecified atom stereocenters. The maximum Gasteiger partial charge on any atom is 0.417 e. The van der Waals surface area contributed by atoms with Gasteiger partial charge in [-0.15, -0.1) is 0 Å². The highest BCUT2D eigenvalue weighted by Crippen LogP contribution is 2.36. The lowest BCUT2D eigenvalue weighted by Gasteiger charge is -2.10. The van der Waals surface area contributed by atoms with E-state index in [-0.39, 0.29) is 5.56 Å². The first-order chi connectivity index (χ1) is 9.45. The minimum absolute atomic E-state index is 0.0985. The lowest BCUT2D eigenvalue weighted by atomic mass is 10.1. The lowest BCUT2D eigenvalue weighted by Crippen LogP contribution is -2.06. The number of benzene rings is 1. The van der Waals surface area contributed by atoms with E-state index in [1.165, 1.54) is 12.1 Å². The number of fused-ring (bicyclic) bond motifs is 1. The van der Waals surface area contributed by atoms with Gasteiger partial charge in [0.25, 0.3) is 0 Å². The summed E-state index contributed by atoms with van der Waals surface area (Å²) in [4.78, 5) is 4.26. The molecule has 5 heteroatoms. The van der Waals surface area contributed by atoms with Crippen LogP contribution in [-0.4, -0.2) is 9.38 Å². The summed E-state index contributed by atoms with van der Waals surface area (Å²) >= 11 is 0. The summed E-state index contributed by atoms with van der Waals surface area (Å²) in [5.74, 6) is 0. The number of aryl methyl sites for hydroxylation is 1. The number of alkyl halides is 3. The molecule has 0 aliphatic carbocycles. The van der Waals surface area contributed by atoms with E-state index in [4.69, 9.17) is 0 Å². The van der Waals surface area contributed by atoms with Gasteiger partial charge in [-0.1, -0.05) is 24.3 Å². The van der Waals surface area contributed by atoms with Crippen LogP contribution in [0.4, 0.5) is 13.2 Å². The molecule has 0 spiro atoms. The molecule has 2 heterocycles. The number of hydrogen-bond acceptors (Lipinski definition) is 1. The molecule has 0 saturated heterocycles. The summed E-state index contributed by atoms with van der Waals surface area (Å²) in [5, 5.41) is 0. The normalized spacial score (nSPS) is 12.0. The molecular formula is C15H11F3N2. The van der Waals surface area contributed by atoms with Gasteiger partial charge >= 0.3 is 6.18 Å². The first kappa shape index (κ1) is 12.7. The number of halogens is 3. The molecule has 2 nitrogen and oxygen atoms in total. The molecule has 3 aromatic rings. The Kier molecular flexibility index (Phi) is 2.78. The van der Waals surface area contributed by atoms with Crippen LogP contribution in [0.5, 0.6) is 0 Å². The third kappa shape index (κ3) is 2.15. The Morgan fingerprint density at radius 3 is 2.50 bits per heavy atom. The van der Waals surface area contributed by atoms with Crippen molar-refractivity contribution in [1.82, 2.24) is 9.38 Å². The molecule has 3 rings (SSSR count). The zero-order valence-electron chi connectivity index (χ0n) is 10.6. The second-order valence-electron chi connectivity index (χ2n) is 4.64. The van der Waals surface area contributed by atoms with Crippen LogP contribution < -0.4 is 0 Å². The van der Waals surface area contributed by atoms with E-state index in [9.17, 15) is 13.2 Å². The van der Waals surface area contributed by atoms with E-state index in [1.807, 2.05) is 19.2 Å². The molecule has 1 aromatic carbocycles. The largest absolute Gasteiger partial charge is 0.417 e. The number of aromatic nitrogens is 2. The Labute approximate surface area is 113 Å². The third-order valence-corrected chi connectivity index (χ3v) is 3.11. The van der Waals surface area contributed by atoms with Crippen LogP contribution in [0.2, 0.25) is 0 Å². The third-order valence-electron chi connectivity index (χ3n) is 3.11. The van der Waals surface area contributed by atoms with Crippen LogP contribution in [0.3, 0.4) is 0 Å². The van der Waals surface area contributed by atoms with Crippen molar-refractivity contribution in [2.45, 2.75) is 13.1 Å². The minimum atomic E-state index is -4.39. The molecule has 102 valence electrons. The molecule has 0 aliphatic heterocycles. The highest BCUT2D eigenvalue weighted by Gasteiger charge is 2.33. The lowest BCUT2D eigenvalue weighted by molar-refractivity contribution is -0.137. The standard InChI is InChI=1S/C15H11F3N2/c1-10-6-7-14-19-13(9-20(14)8-10)11-4-2-3-5-12(11)15(16,17)18/h2-9H,1H3. The summed E-state index contributed by atoms with van der Waals surface area (Å²) in [7, 11) is 0. The fourth-order valence-electron chi connectivity index (χ4n) is 2.19. The van der Waals surface area contributed by atoms with Crippen LogP contribution in [0, 0.1) is 6.92 Å². The van der Waals surface area contributed by atoms with Gasteiger partial charge in [0.2, 0.25) is 0 Å². The van der Waals surface area contributed by atoms with Crippen molar-refractivity contribution >= 4 is 5.65 Å². The first-order valence-corrected chi connectivity index (χ1v) is 6.07. The maximum atomic E-state index is 13.0. The van der Waals surface area contributed by atoms with Crippen LogP contribution in [0.15, 0.2) is 48.8 Å². The highest BCUT2D eigenvalue weighted by atomic mass is 19.4. The molecule has 0 amide bonds. The smallest absolute Gasteiger partial charge is 0.306 e. The van der Waals surface area contributed by atoms with E-state index in [0.717, 1.165) is 11.6 Å². The Balaban J connectivity index is 2.21. The van der Waals surface area contributed by atoms with Crippen molar-refractivity contribution in [2.24, 2.45) is 0 Å². The molecule has 20 heavy (non-hydrogen) atoms. The van der Waals surface area contributed by atoms with Crippen molar-refractivity contribution in [3.63, 3.8) is 0 Å². The van der Waals surface area contributed by atoms with Crippen LogP contribution in [-0.2, 0) is 6.18 Å². The Morgan fingerprint density at radius 1 is 1.00 bits per heavy atom. The van der Waals surface area contributed by atoms with Gasteiger partial charge in [-0.2, -0.15) is 13.2 Å². The van der Waals surface area contributed by atoms with Crippen LogP contribution in [0.25, 0.3) is 16.9 Å². The summed E-state index contributed by atoms with van der Waals surface area (Å²) in [6.07, 6.45) is -0.933. The van der Waals surface area contributed by atoms with Gasteiger partial charge in [0.1, 0.15) is 5.65 Å². The number of rotatable bonds is 1.